The Kier molecular flexibility index (Phi) is 6.52. The first-order valence-corrected chi connectivity index (χ1v) is 11.9. The molecule has 2 aromatic rings. The summed E-state index contributed by atoms with van der Waals surface area (Å²) in [6.07, 6.45) is 6.11. The molecule has 3 heteroatoms. The van der Waals surface area contributed by atoms with E-state index < -0.39 is 0 Å². The van der Waals surface area contributed by atoms with E-state index in [4.69, 9.17) is 4.74 Å². The van der Waals surface area contributed by atoms with Gasteiger partial charge in [0.05, 0.1) is 6.10 Å². The first-order chi connectivity index (χ1) is 14.9. The SMILES string of the molecule is COC1CCC(C(=O)N2CCc3ccc(-c4ccccc4)cc3CC2C(C)(C)C)CC1. The van der Waals surface area contributed by atoms with Crippen molar-refractivity contribution in [1.82, 2.24) is 4.90 Å². The average Bonchev–Trinajstić information content (AvgIpc) is 2.98. The monoisotopic (exact) mass is 419 g/mol. The zero-order valence-corrected chi connectivity index (χ0v) is 19.6. The van der Waals surface area contributed by atoms with E-state index in [-0.39, 0.29) is 17.4 Å². The van der Waals surface area contributed by atoms with Gasteiger partial charge in [-0.25, -0.2) is 0 Å². The van der Waals surface area contributed by atoms with Crippen LogP contribution >= 0.6 is 0 Å². The third-order valence-electron chi connectivity index (χ3n) is 7.36. The minimum atomic E-state index is 0.0315. The van der Waals surface area contributed by atoms with Crippen molar-refractivity contribution in [1.29, 1.82) is 0 Å². The van der Waals surface area contributed by atoms with E-state index in [1.54, 1.807) is 7.11 Å². The zero-order valence-electron chi connectivity index (χ0n) is 19.6. The van der Waals surface area contributed by atoms with E-state index in [2.05, 4.69) is 74.2 Å². The normalized spacial score (nSPS) is 24.4. The van der Waals surface area contributed by atoms with Crippen LogP contribution in [0.4, 0.5) is 0 Å². The molecular weight excluding hydrogens is 382 g/mol. The maximum Gasteiger partial charge on any atom is 0.225 e. The maximum atomic E-state index is 13.7. The van der Waals surface area contributed by atoms with Crippen molar-refractivity contribution in [2.75, 3.05) is 13.7 Å². The molecule has 31 heavy (non-hydrogen) atoms. The summed E-state index contributed by atoms with van der Waals surface area (Å²) in [6, 6.07) is 17.7. The quantitative estimate of drug-likeness (QED) is 0.620. The van der Waals surface area contributed by atoms with E-state index in [9.17, 15) is 4.79 Å². The van der Waals surface area contributed by atoms with Crippen molar-refractivity contribution in [3.05, 3.63) is 59.7 Å². The van der Waals surface area contributed by atoms with Crippen molar-refractivity contribution in [2.24, 2.45) is 11.3 Å². The number of carbonyl (C=O) groups excluding carboxylic acids is 1. The molecule has 1 unspecified atom stereocenters. The predicted molar refractivity (Wildman–Crippen MR) is 127 cm³/mol. The molecule has 2 aliphatic rings. The van der Waals surface area contributed by atoms with Gasteiger partial charge in [-0.2, -0.15) is 0 Å². The molecule has 166 valence electrons. The summed E-state index contributed by atoms with van der Waals surface area (Å²) in [6.45, 7) is 7.67. The smallest absolute Gasteiger partial charge is 0.225 e. The van der Waals surface area contributed by atoms with Crippen LogP contribution in [0, 0.1) is 11.3 Å². The second-order valence-corrected chi connectivity index (χ2v) is 10.4. The Labute approximate surface area is 187 Å². The summed E-state index contributed by atoms with van der Waals surface area (Å²) < 4.78 is 5.53. The van der Waals surface area contributed by atoms with Crippen molar-refractivity contribution in [3.63, 3.8) is 0 Å². The number of fused-ring (bicyclic) bond motifs is 1. The number of carbonyl (C=O) groups is 1. The molecular formula is C28H37NO2. The fourth-order valence-electron chi connectivity index (χ4n) is 5.40. The van der Waals surface area contributed by atoms with E-state index in [1.807, 2.05) is 0 Å². The molecule has 1 saturated carbocycles. The van der Waals surface area contributed by atoms with Gasteiger partial charge >= 0.3 is 0 Å². The van der Waals surface area contributed by atoms with Crippen LogP contribution < -0.4 is 0 Å². The number of hydrogen-bond donors (Lipinski definition) is 0. The number of ether oxygens (including phenoxy) is 1. The summed E-state index contributed by atoms with van der Waals surface area (Å²) in [7, 11) is 1.79. The summed E-state index contributed by atoms with van der Waals surface area (Å²) in [4.78, 5) is 15.9. The number of methoxy groups -OCH3 is 1. The van der Waals surface area contributed by atoms with E-state index in [0.29, 0.717) is 12.0 Å². The number of hydrogen-bond acceptors (Lipinski definition) is 2. The number of rotatable bonds is 3. The van der Waals surface area contributed by atoms with Gasteiger partial charge in [-0.3, -0.25) is 4.79 Å². The lowest BCUT2D eigenvalue weighted by Crippen LogP contribution is -2.51. The molecule has 1 fully saturated rings. The van der Waals surface area contributed by atoms with Crippen LogP contribution in [-0.2, 0) is 22.4 Å². The summed E-state index contributed by atoms with van der Waals surface area (Å²) >= 11 is 0. The molecule has 1 amide bonds. The van der Waals surface area contributed by atoms with Crippen molar-refractivity contribution >= 4 is 5.91 Å². The van der Waals surface area contributed by atoms with Gasteiger partial charge in [0.2, 0.25) is 5.91 Å². The average molecular weight is 420 g/mol. The molecule has 0 radical (unpaired) electrons. The molecule has 0 bridgehead atoms. The third-order valence-corrected chi connectivity index (χ3v) is 7.36. The van der Waals surface area contributed by atoms with Crippen LogP contribution in [0.3, 0.4) is 0 Å². The van der Waals surface area contributed by atoms with Crippen LogP contribution in [0.1, 0.15) is 57.6 Å². The maximum absolute atomic E-state index is 13.7. The van der Waals surface area contributed by atoms with Crippen LogP contribution in [-0.4, -0.2) is 36.6 Å². The second kappa shape index (κ2) is 9.16. The highest BCUT2D eigenvalue weighted by atomic mass is 16.5. The number of nitrogens with zero attached hydrogens (tertiary/aromatic N) is 1. The standard InChI is InChI=1S/C28H37NO2/c1-28(2,3)26-19-24-18-23(20-8-6-5-7-9-20)11-10-21(24)16-17-29(26)27(30)22-12-14-25(31-4)15-13-22/h5-11,18,22,25-26H,12-17,19H2,1-4H3. The van der Waals surface area contributed by atoms with Gasteiger partial charge in [-0.05, 0) is 66.2 Å². The molecule has 0 saturated heterocycles. The van der Waals surface area contributed by atoms with Gasteiger partial charge in [0.15, 0.2) is 0 Å². The van der Waals surface area contributed by atoms with E-state index >= 15 is 0 Å². The topological polar surface area (TPSA) is 29.5 Å². The molecule has 1 heterocycles. The molecule has 1 aliphatic heterocycles. The van der Waals surface area contributed by atoms with Gasteiger partial charge < -0.3 is 9.64 Å². The van der Waals surface area contributed by atoms with Crippen molar-refractivity contribution in [2.45, 2.75) is 71.4 Å². The Morgan fingerprint density at radius 2 is 1.65 bits per heavy atom. The molecule has 2 aromatic carbocycles. The summed E-state index contributed by atoms with van der Waals surface area (Å²) in [5.74, 6) is 0.517. The van der Waals surface area contributed by atoms with Crippen molar-refractivity contribution in [3.8, 4) is 11.1 Å². The van der Waals surface area contributed by atoms with Crippen LogP contribution in [0.2, 0.25) is 0 Å². The Bertz CT molecular complexity index is 891. The fraction of sp³-hybridized carbons (Fsp3) is 0.536. The molecule has 1 atom stereocenters. The van der Waals surface area contributed by atoms with Crippen LogP contribution in [0.15, 0.2) is 48.5 Å². The minimum absolute atomic E-state index is 0.0315. The lowest BCUT2D eigenvalue weighted by molar-refractivity contribution is -0.142. The fourth-order valence-corrected chi connectivity index (χ4v) is 5.40. The Hall–Kier alpha value is -2.13. The lowest BCUT2D eigenvalue weighted by atomic mass is 9.80. The van der Waals surface area contributed by atoms with Gasteiger partial charge in [0.25, 0.3) is 0 Å². The molecule has 3 nitrogen and oxygen atoms in total. The Morgan fingerprint density at radius 1 is 0.935 bits per heavy atom. The van der Waals surface area contributed by atoms with Crippen LogP contribution in [0.25, 0.3) is 11.1 Å². The molecule has 0 spiro atoms. The van der Waals surface area contributed by atoms with Crippen LogP contribution in [0.5, 0.6) is 0 Å². The Morgan fingerprint density at radius 3 is 2.29 bits per heavy atom. The van der Waals surface area contributed by atoms with Gasteiger partial charge in [0, 0.05) is 25.6 Å². The Balaban J connectivity index is 1.59. The first kappa shape index (κ1) is 22.1. The first-order valence-electron chi connectivity index (χ1n) is 11.9. The largest absolute Gasteiger partial charge is 0.381 e. The molecule has 0 aromatic heterocycles. The predicted octanol–water partition coefficient (Wildman–Crippen LogP) is 5.90. The summed E-state index contributed by atoms with van der Waals surface area (Å²) in [5.41, 5.74) is 5.35. The van der Waals surface area contributed by atoms with E-state index in [0.717, 1.165) is 45.1 Å². The minimum Gasteiger partial charge on any atom is -0.381 e. The van der Waals surface area contributed by atoms with Gasteiger partial charge in [0.1, 0.15) is 0 Å². The number of amides is 1. The lowest BCUT2D eigenvalue weighted by Gasteiger charge is -2.41. The highest BCUT2D eigenvalue weighted by Gasteiger charge is 2.39. The van der Waals surface area contributed by atoms with E-state index in [1.165, 1.54) is 22.3 Å². The number of benzene rings is 2. The molecule has 0 N–H and O–H groups in total. The summed E-state index contributed by atoms with van der Waals surface area (Å²) in [5, 5.41) is 0. The highest BCUT2D eigenvalue weighted by Crippen LogP contribution is 2.36. The van der Waals surface area contributed by atoms with Gasteiger partial charge in [-0.15, -0.1) is 0 Å². The molecule has 1 aliphatic carbocycles. The second-order valence-electron chi connectivity index (χ2n) is 10.4. The van der Waals surface area contributed by atoms with Gasteiger partial charge in [-0.1, -0.05) is 69.3 Å². The zero-order chi connectivity index (χ0) is 22.0. The third kappa shape index (κ3) is 4.87. The highest BCUT2D eigenvalue weighted by molar-refractivity contribution is 5.79. The molecule has 4 rings (SSSR count). The van der Waals surface area contributed by atoms with Crippen molar-refractivity contribution < 1.29 is 9.53 Å².